The molecular weight excluding hydrogens is 170 g/mol. The fourth-order valence-electron chi connectivity index (χ4n) is 0.994. The maximum atomic E-state index is 11.3. The third kappa shape index (κ3) is 4.78. The summed E-state index contributed by atoms with van der Waals surface area (Å²) in [6, 6.07) is 0.0740. The van der Waals surface area contributed by atoms with Gasteiger partial charge in [-0.2, -0.15) is 11.8 Å². The molecule has 0 aliphatic carbocycles. The summed E-state index contributed by atoms with van der Waals surface area (Å²) in [6.07, 6.45) is 0.641. The predicted molar refractivity (Wildman–Crippen MR) is 55.8 cm³/mol. The highest BCUT2D eigenvalue weighted by Crippen LogP contribution is 2.04. The lowest BCUT2D eigenvalue weighted by atomic mass is 10.2. The summed E-state index contributed by atoms with van der Waals surface area (Å²) < 4.78 is 0. The number of carbonyl (C=O) groups is 1. The molecule has 0 aromatic rings. The molecule has 0 aromatic heterocycles. The van der Waals surface area contributed by atoms with Gasteiger partial charge in [0.2, 0.25) is 0 Å². The monoisotopic (exact) mass is 189 g/mol. The van der Waals surface area contributed by atoms with Crippen molar-refractivity contribution in [3.05, 3.63) is 0 Å². The highest BCUT2D eigenvalue weighted by atomic mass is 32.2. The van der Waals surface area contributed by atoms with Crippen molar-refractivity contribution in [1.82, 2.24) is 5.32 Å². The molecule has 1 unspecified atom stereocenters. The summed E-state index contributed by atoms with van der Waals surface area (Å²) in [6.45, 7) is 6.95. The molecule has 0 spiro atoms. The molecule has 3 heteroatoms. The predicted octanol–water partition coefficient (Wildman–Crippen LogP) is 1.70. The first-order chi connectivity index (χ1) is 5.76. The van der Waals surface area contributed by atoms with E-state index in [0.717, 1.165) is 18.1 Å². The number of thioether (sulfide) groups is 1. The maximum Gasteiger partial charge on any atom is 0.150 e. The van der Waals surface area contributed by atoms with Crippen molar-refractivity contribution in [3.63, 3.8) is 0 Å². The molecule has 0 aromatic carbocycles. The van der Waals surface area contributed by atoms with E-state index in [4.69, 9.17) is 0 Å². The zero-order valence-corrected chi connectivity index (χ0v) is 9.04. The minimum absolute atomic E-state index is 0.0740. The molecule has 0 saturated carbocycles. The Morgan fingerprint density at radius 2 is 2.08 bits per heavy atom. The summed E-state index contributed by atoms with van der Waals surface area (Å²) in [5.74, 6) is 2.33. The summed E-state index contributed by atoms with van der Waals surface area (Å²) in [5.41, 5.74) is 0. The summed E-state index contributed by atoms with van der Waals surface area (Å²) in [5, 5.41) is 3.20. The molecule has 0 heterocycles. The van der Waals surface area contributed by atoms with E-state index in [1.807, 2.05) is 25.6 Å². The van der Waals surface area contributed by atoms with Crippen LogP contribution in [0.2, 0.25) is 0 Å². The molecule has 0 bridgehead atoms. The number of Topliss-reactive ketones (excluding diaryl/α,β-unsaturated/α-hetero) is 1. The van der Waals surface area contributed by atoms with Crippen molar-refractivity contribution in [2.45, 2.75) is 33.2 Å². The Hall–Kier alpha value is -0.0200. The van der Waals surface area contributed by atoms with Gasteiger partial charge < -0.3 is 5.32 Å². The van der Waals surface area contributed by atoms with Crippen LogP contribution in [0, 0.1) is 0 Å². The number of ketones is 1. The SMILES string of the molecule is CCNC(CSCC)C(=O)CC. The van der Waals surface area contributed by atoms with Crippen LogP contribution in [0.15, 0.2) is 0 Å². The lowest BCUT2D eigenvalue weighted by molar-refractivity contribution is -0.120. The van der Waals surface area contributed by atoms with Gasteiger partial charge in [-0.3, -0.25) is 4.79 Å². The molecular formula is C9H19NOS. The molecule has 0 radical (unpaired) electrons. The van der Waals surface area contributed by atoms with Crippen LogP contribution in [0.25, 0.3) is 0 Å². The van der Waals surface area contributed by atoms with Gasteiger partial charge >= 0.3 is 0 Å². The van der Waals surface area contributed by atoms with Crippen LogP contribution >= 0.6 is 11.8 Å². The van der Waals surface area contributed by atoms with Gasteiger partial charge in [-0.05, 0) is 12.3 Å². The lowest BCUT2D eigenvalue weighted by Crippen LogP contribution is -2.38. The first-order valence-electron chi connectivity index (χ1n) is 4.60. The highest BCUT2D eigenvalue weighted by Gasteiger charge is 2.13. The average molecular weight is 189 g/mol. The Morgan fingerprint density at radius 3 is 2.50 bits per heavy atom. The van der Waals surface area contributed by atoms with Crippen LogP contribution < -0.4 is 5.32 Å². The second-order valence-corrected chi connectivity index (χ2v) is 3.91. The maximum absolute atomic E-state index is 11.3. The van der Waals surface area contributed by atoms with Crippen LogP contribution in [-0.2, 0) is 4.79 Å². The van der Waals surface area contributed by atoms with Gasteiger partial charge in [0.1, 0.15) is 5.78 Å². The van der Waals surface area contributed by atoms with Crippen molar-refractivity contribution in [2.24, 2.45) is 0 Å². The Morgan fingerprint density at radius 1 is 1.42 bits per heavy atom. The third-order valence-corrected chi connectivity index (χ3v) is 2.65. The van der Waals surface area contributed by atoms with Gasteiger partial charge in [-0.1, -0.05) is 20.8 Å². The largest absolute Gasteiger partial charge is 0.307 e. The van der Waals surface area contributed by atoms with Gasteiger partial charge in [0, 0.05) is 12.2 Å². The summed E-state index contributed by atoms with van der Waals surface area (Å²) >= 11 is 1.82. The summed E-state index contributed by atoms with van der Waals surface area (Å²) in [7, 11) is 0. The Kier molecular flexibility index (Phi) is 7.61. The minimum Gasteiger partial charge on any atom is -0.307 e. The zero-order valence-electron chi connectivity index (χ0n) is 8.22. The Labute approximate surface area is 79.5 Å². The third-order valence-electron chi connectivity index (χ3n) is 1.68. The number of rotatable bonds is 7. The van der Waals surface area contributed by atoms with Crippen LogP contribution in [-0.4, -0.2) is 29.9 Å². The Balaban J connectivity index is 3.76. The van der Waals surface area contributed by atoms with Crippen molar-refractivity contribution in [1.29, 1.82) is 0 Å². The van der Waals surface area contributed by atoms with Crippen molar-refractivity contribution >= 4 is 17.5 Å². The van der Waals surface area contributed by atoms with E-state index in [1.165, 1.54) is 0 Å². The van der Waals surface area contributed by atoms with E-state index < -0.39 is 0 Å². The molecule has 2 nitrogen and oxygen atoms in total. The van der Waals surface area contributed by atoms with Crippen molar-refractivity contribution in [2.75, 3.05) is 18.1 Å². The van der Waals surface area contributed by atoms with E-state index >= 15 is 0 Å². The van der Waals surface area contributed by atoms with Crippen LogP contribution in [0.1, 0.15) is 27.2 Å². The summed E-state index contributed by atoms with van der Waals surface area (Å²) in [4.78, 5) is 11.3. The smallest absolute Gasteiger partial charge is 0.150 e. The van der Waals surface area contributed by atoms with E-state index in [0.29, 0.717) is 12.2 Å². The highest BCUT2D eigenvalue weighted by molar-refractivity contribution is 7.99. The van der Waals surface area contributed by atoms with E-state index in [1.54, 1.807) is 0 Å². The standard InChI is InChI=1S/C9H19NOS/c1-4-9(11)8(10-5-2)7-12-6-3/h8,10H,4-7H2,1-3H3. The topological polar surface area (TPSA) is 29.1 Å². The second-order valence-electron chi connectivity index (χ2n) is 2.59. The van der Waals surface area contributed by atoms with E-state index in [9.17, 15) is 4.79 Å². The number of hydrogen-bond acceptors (Lipinski definition) is 3. The molecule has 0 rings (SSSR count). The fourth-order valence-corrected chi connectivity index (χ4v) is 1.77. The zero-order chi connectivity index (χ0) is 9.40. The normalized spacial score (nSPS) is 12.9. The van der Waals surface area contributed by atoms with E-state index in [2.05, 4.69) is 12.2 Å². The molecule has 1 atom stereocenters. The molecule has 72 valence electrons. The van der Waals surface area contributed by atoms with Gasteiger partial charge in [-0.15, -0.1) is 0 Å². The van der Waals surface area contributed by atoms with Gasteiger partial charge in [0.05, 0.1) is 6.04 Å². The van der Waals surface area contributed by atoms with Crippen molar-refractivity contribution in [3.8, 4) is 0 Å². The molecule has 0 amide bonds. The quantitative estimate of drug-likeness (QED) is 0.661. The molecule has 1 N–H and O–H groups in total. The number of hydrogen-bond donors (Lipinski definition) is 1. The number of likely N-dealkylation sites (N-methyl/N-ethyl adjacent to an activating group) is 1. The fraction of sp³-hybridized carbons (Fsp3) is 0.889. The van der Waals surface area contributed by atoms with E-state index in [-0.39, 0.29) is 6.04 Å². The van der Waals surface area contributed by atoms with Crippen LogP contribution in [0.4, 0.5) is 0 Å². The first-order valence-corrected chi connectivity index (χ1v) is 5.75. The lowest BCUT2D eigenvalue weighted by Gasteiger charge is -2.14. The molecule has 12 heavy (non-hydrogen) atoms. The van der Waals surface area contributed by atoms with Gasteiger partial charge in [0.25, 0.3) is 0 Å². The van der Waals surface area contributed by atoms with Crippen LogP contribution in [0.5, 0.6) is 0 Å². The van der Waals surface area contributed by atoms with Crippen molar-refractivity contribution < 1.29 is 4.79 Å². The minimum atomic E-state index is 0.0740. The molecule has 0 fully saturated rings. The molecule has 0 aliphatic heterocycles. The van der Waals surface area contributed by atoms with Gasteiger partial charge in [-0.25, -0.2) is 0 Å². The molecule has 0 aliphatic rings. The average Bonchev–Trinajstić information content (AvgIpc) is 2.11. The number of nitrogens with one attached hydrogen (secondary N) is 1. The number of carbonyl (C=O) groups excluding carboxylic acids is 1. The van der Waals surface area contributed by atoms with Gasteiger partial charge in [0.15, 0.2) is 0 Å². The molecule has 0 saturated heterocycles. The second kappa shape index (κ2) is 7.62. The first kappa shape index (κ1) is 12.0. The Bertz CT molecular complexity index is 128. The van der Waals surface area contributed by atoms with Crippen LogP contribution in [0.3, 0.4) is 0 Å².